The second-order valence-electron chi connectivity index (χ2n) is 5.86. The lowest BCUT2D eigenvalue weighted by Gasteiger charge is -2.35. The Bertz CT molecular complexity index is 589. The Kier molecular flexibility index (Phi) is 3.43. The van der Waals surface area contributed by atoms with Crippen LogP contribution in [-0.4, -0.2) is 27.4 Å². The fraction of sp³-hybridized carbons (Fsp3) is 0.429. The van der Waals surface area contributed by atoms with Gasteiger partial charge < -0.3 is 0 Å². The lowest BCUT2D eigenvalue weighted by atomic mass is 9.98. The van der Waals surface area contributed by atoms with Gasteiger partial charge in [0.05, 0.1) is 4.92 Å². The van der Waals surface area contributed by atoms with Gasteiger partial charge in [-0.1, -0.05) is 6.07 Å². The van der Waals surface area contributed by atoms with E-state index >= 15 is 0 Å². The zero-order chi connectivity index (χ0) is 15.1. The number of carbonyl (C=O) groups excluding carboxylic acids is 2. The summed E-state index contributed by atoms with van der Waals surface area (Å²) in [7, 11) is 0. The number of non-ortho nitro benzene ring substituents is 1. The monoisotopic (exact) mass is 276 g/mol. The number of carbonyl (C=O) groups is 2. The highest BCUT2D eigenvalue weighted by molar-refractivity contribution is 6.27. The predicted molar refractivity (Wildman–Crippen MR) is 72.2 cm³/mol. The first-order valence-corrected chi connectivity index (χ1v) is 6.28. The number of Topliss-reactive ketones (excluding diaryl/α,β-unsaturated/α-hetero) is 1. The standard InChI is InChI=1S/C14H16N2O4/c1-14(2,3)15-7-9-4-5-10(16(19)20)6-11(9)13(15)12(18)8-17/h4-6,8,13H,7H2,1-3H3. The molecule has 0 radical (unpaired) electrons. The average Bonchev–Trinajstić information content (AvgIpc) is 2.75. The van der Waals surface area contributed by atoms with E-state index in [9.17, 15) is 19.7 Å². The molecule has 6 heteroatoms. The number of ketones is 1. The van der Waals surface area contributed by atoms with Crippen molar-refractivity contribution in [2.75, 3.05) is 0 Å². The van der Waals surface area contributed by atoms with E-state index in [4.69, 9.17) is 0 Å². The van der Waals surface area contributed by atoms with Gasteiger partial charge in [0.15, 0.2) is 6.29 Å². The summed E-state index contributed by atoms with van der Waals surface area (Å²) in [6.45, 7) is 6.33. The van der Waals surface area contributed by atoms with Gasteiger partial charge in [-0.05, 0) is 31.9 Å². The molecule has 6 nitrogen and oxygen atoms in total. The molecule has 106 valence electrons. The minimum Gasteiger partial charge on any atom is -0.295 e. The fourth-order valence-electron chi connectivity index (χ4n) is 2.53. The Morgan fingerprint density at radius 2 is 2.10 bits per heavy atom. The zero-order valence-corrected chi connectivity index (χ0v) is 11.6. The summed E-state index contributed by atoms with van der Waals surface area (Å²) in [4.78, 5) is 35.1. The SMILES string of the molecule is CC(C)(C)N1Cc2ccc([N+](=O)[O-])cc2C1C(=O)C=O. The van der Waals surface area contributed by atoms with E-state index < -0.39 is 16.7 Å². The van der Waals surface area contributed by atoms with Gasteiger partial charge >= 0.3 is 0 Å². The lowest BCUT2D eigenvalue weighted by Crippen LogP contribution is -2.42. The molecule has 1 unspecified atom stereocenters. The van der Waals surface area contributed by atoms with E-state index in [0.29, 0.717) is 12.1 Å². The highest BCUT2D eigenvalue weighted by atomic mass is 16.6. The molecule has 0 fully saturated rings. The van der Waals surface area contributed by atoms with E-state index in [-0.39, 0.29) is 17.5 Å². The van der Waals surface area contributed by atoms with Crippen LogP contribution in [0.25, 0.3) is 0 Å². The van der Waals surface area contributed by atoms with Crippen LogP contribution >= 0.6 is 0 Å². The second-order valence-corrected chi connectivity index (χ2v) is 5.86. The van der Waals surface area contributed by atoms with Gasteiger partial charge in [-0.2, -0.15) is 0 Å². The maximum atomic E-state index is 11.9. The number of nitro groups is 1. The molecule has 0 saturated carbocycles. The van der Waals surface area contributed by atoms with Gasteiger partial charge in [-0.3, -0.25) is 24.6 Å². The Morgan fingerprint density at radius 1 is 1.45 bits per heavy atom. The second kappa shape index (κ2) is 4.79. The molecule has 1 aromatic carbocycles. The third kappa shape index (κ3) is 2.34. The summed E-state index contributed by atoms with van der Waals surface area (Å²) < 4.78 is 0. The smallest absolute Gasteiger partial charge is 0.269 e. The van der Waals surface area contributed by atoms with Crippen LogP contribution in [-0.2, 0) is 16.1 Å². The van der Waals surface area contributed by atoms with Crippen molar-refractivity contribution in [1.82, 2.24) is 4.90 Å². The summed E-state index contributed by atoms with van der Waals surface area (Å²) >= 11 is 0. The third-order valence-electron chi connectivity index (χ3n) is 3.53. The molecule has 0 N–H and O–H groups in total. The van der Waals surface area contributed by atoms with Crippen LogP contribution in [0.5, 0.6) is 0 Å². The first-order chi connectivity index (χ1) is 9.25. The topological polar surface area (TPSA) is 80.5 Å². The Labute approximate surface area is 116 Å². The van der Waals surface area contributed by atoms with Crippen LogP contribution in [0.1, 0.15) is 37.9 Å². The molecular formula is C14H16N2O4. The first-order valence-electron chi connectivity index (χ1n) is 6.28. The summed E-state index contributed by atoms with van der Waals surface area (Å²) in [5.74, 6) is -0.570. The number of hydrogen-bond donors (Lipinski definition) is 0. The van der Waals surface area contributed by atoms with E-state index in [1.807, 2.05) is 25.7 Å². The van der Waals surface area contributed by atoms with Crippen molar-refractivity contribution in [2.45, 2.75) is 38.9 Å². The highest BCUT2D eigenvalue weighted by Gasteiger charge is 2.41. The number of fused-ring (bicyclic) bond motifs is 1. The van der Waals surface area contributed by atoms with E-state index in [2.05, 4.69) is 0 Å². The number of hydrogen-bond acceptors (Lipinski definition) is 5. The van der Waals surface area contributed by atoms with Crippen molar-refractivity contribution >= 4 is 17.8 Å². The first kappa shape index (κ1) is 14.3. The molecule has 20 heavy (non-hydrogen) atoms. The number of nitrogens with zero attached hydrogens (tertiary/aromatic N) is 2. The quantitative estimate of drug-likeness (QED) is 0.365. The molecule has 0 spiro atoms. The van der Waals surface area contributed by atoms with Crippen molar-refractivity contribution < 1.29 is 14.5 Å². The molecule has 0 amide bonds. The molecule has 2 rings (SSSR count). The highest BCUT2D eigenvalue weighted by Crippen LogP contribution is 2.40. The molecule has 0 bridgehead atoms. The van der Waals surface area contributed by atoms with Crippen LogP contribution in [0.15, 0.2) is 18.2 Å². The molecule has 1 heterocycles. The van der Waals surface area contributed by atoms with E-state index in [1.54, 1.807) is 6.07 Å². The van der Waals surface area contributed by atoms with Crippen molar-refractivity contribution in [3.05, 3.63) is 39.4 Å². The van der Waals surface area contributed by atoms with Crippen LogP contribution in [0.2, 0.25) is 0 Å². The zero-order valence-electron chi connectivity index (χ0n) is 11.6. The summed E-state index contributed by atoms with van der Waals surface area (Å²) in [6.07, 6.45) is 0.289. The summed E-state index contributed by atoms with van der Waals surface area (Å²) in [5, 5.41) is 10.9. The third-order valence-corrected chi connectivity index (χ3v) is 3.53. The number of aldehydes is 1. The van der Waals surface area contributed by atoms with Gasteiger partial charge in [0.25, 0.3) is 5.69 Å². The van der Waals surface area contributed by atoms with Gasteiger partial charge in [0.2, 0.25) is 5.78 Å². The van der Waals surface area contributed by atoms with Gasteiger partial charge in [-0.25, -0.2) is 0 Å². The van der Waals surface area contributed by atoms with Crippen LogP contribution < -0.4 is 0 Å². The molecule has 1 aliphatic rings. The molecule has 0 aromatic heterocycles. The summed E-state index contributed by atoms with van der Waals surface area (Å²) in [6, 6.07) is 3.74. The maximum absolute atomic E-state index is 11.9. The number of nitro benzene ring substituents is 1. The van der Waals surface area contributed by atoms with Crippen LogP contribution in [0, 0.1) is 10.1 Å². The Hall–Kier alpha value is -2.08. The molecule has 1 aliphatic heterocycles. The van der Waals surface area contributed by atoms with E-state index in [0.717, 1.165) is 5.56 Å². The molecular weight excluding hydrogens is 260 g/mol. The predicted octanol–water partition coefficient (Wildman–Crippen LogP) is 2.02. The van der Waals surface area contributed by atoms with Crippen LogP contribution in [0.3, 0.4) is 0 Å². The molecule has 1 atom stereocenters. The largest absolute Gasteiger partial charge is 0.295 e. The van der Waals surface area contributed by atoms with Crippen LogP contribution in [0.4, 0.5) is 5.69 Å². The van der Waals surface area contributed by atoms with Gasteiger partial charge in [-0.15, -0.1) is 0 Å². The van der Waals surface area contributed by atoms with Crippen molar-refractivity contribution in [3.63, 3.8) is 0 Å². The van der Waals surface area contributed by atoms with Crippen molar-refractivity contribution in [3.8, 4) is 0 Å². The lowest BCUT2D eigenvalue weighted by molar-refractivity contribution is -0.384. The van der Waals surface area contributed by atoms with Crippen molar-refractivity contribution in [2.24, 2.45) is 0 Å². The minimum atomic E-state index is -0.734. The molecule has 0 aliphatic carbocycles. The Morgan fingerprint density at radius 3 is 2.60 bits per heavy atom. The van der Waals surface area contributed by atoms with Crippen molar-refractivity contribution in [1.29, 1.82) is 0 Å². The number of rotatable bonds is 3. The summed E-state index contributed by atoms with van der Waals surface area (Å²) in [5.41, 5.74) is 1.03. The average molecular weight is 276 g/mol. The molecule has 1 aromatic rings. The minimum absolute atomic E-state index is 0.0665. The van der Waals surface area contributed by atoms with Gasteiger partial charge in [0.1, 0.15) is 6.04 Å². The molecule has 0 saturated heterocycles. The van der Waals surface area contributed by atoms with Gasteiger partial charge in [0, 0.05) is 24.2 Å². The Balaban J connectivity index is 2.54. The number of benzene rings is 1. The normalized spacial score (nSPS) is 18.6. The maximum Gasteiger partial charge on any atom is 0.269 e. The fourth-order valence-corrected chi connectivity index (χ4v) is 2.53. The van der Waals surface area contributed by atoms with E-state index in [1.165, 1.54) is 12.1 Å².